The SMILES string of the molecule is CCOc1ccc(C(=O)O[C@@H](C(=O)NC2CC2)c2ccccc2)cc1OCC. The predicted molar refractivity (Wildman–Crippen MR) is 105 cm³/mol. The highest BCUT2D eigenvalue weighted by Gasteiger charge is 2.31. The van der Waals surface area contributed by atoms with Crippen LogP contribution < -0.4 is 14.8 Å². The molecule has 0 heterocycles. The van der Waals surface area contributed by atoms with Crippen molar-refractivity contribution in [3.8, 4) is 11.5 Å². The zero-order chi connectivity index (χ0) is 19.9. The second kappa shape index (κ2) is 9.26. The van der Waals surface area contributed by atoms with Gasteiger partial charge in [0.15, 0.2) is 11.5 Å². The van der Waals surface area contributed by atoms with Crippen LogP contribution in [0, 0.1) is 0 Å². The molecule has 1 aliphatic carbocycles. The molecule has 0 unspecified atom stereocenters. The first-order valence-corrected chi connectivity index (χ1v) is 9.58. The van der Waals surface area contributed by atoms with Gasteiger partial charge in [0.25, 0.3) is 5.91 Å². The van der Waals surface area contributed by atoms with Gasteiger partial charge in [0.1, 0.15) is 0 Å². The molecule has 0 radical (unpaired) electrons. The first kappa shape index (κ1) is 19.7. The van der Waals surface area contributed by atoms with Crippen LogP contribution in [0.3, 0.4) is 0 Å². The minimum absolute atomic E-state index is 0.174. The summed E-state index contributed by atoms with van der Waals surface area (Å²) in [5.41, 5.74) is 0.928. The van der Waals surface area contributed by atoms with Crippen molar-refractivity contribution in [3.05, 3.63) is 59.7 Å². The lowest BCUT2D eigenvalue weighted by Gasteiger charge is -2.18. The van der Waals surface area contributed by atoms with Crippen molar-refractivity contribution in [1.29, 1.82) is 0 Å². The van der Waals surface area contributed by atoms with E-state index in [-0.39, 0.29) is 11.9 Å². The number of carbonyl (C=O) groups excluding carboxylic acids is 2. The molecule has 0 saturated heterocycles. The number of nitrogens with one attached hydrogen (secondary N) is 1. The van der Waals surface area contributed by atoms with Crippen LogP contribution in [-0.4, -0.2) is 31.1 Å². The Morgan fingerprint density at radius 1 is 1.00 bits per heavy atom. The van der Waals surface area contributed by atoms with E-state index in [9.17, 15) is 9.59 Å². The van der Waals surface area contributed by atoms with E-state index >= 15 is 0 Å². The molecule has 28 heavy (non-hydrogen) atoms. The van der Waals surface area contributed by atoms with E-state index in [4.69, 9.17) is 14.2 Å². The maximum Gasteiger partial charge on any atom is 0.339 e. The van der Waals surface area contributed by atoms with Crippen LogP contribution in [-0.2, 0) is 9.53 Å². The molecule has 1 atom stereocenters. The van der Waals surface area contributed by atoms with Crippen molar-refractivity contribution >= 4 is 11.9 Å². The Hall–Kier alpha value is -3.02. The Morgan fingerprint density at radius 3 is 2.32 bits per heavy atom. The van der Waals surface area contributed by atoms with Gasteiger partial charge in [-0.2, -0.15) is 0 Å². The summed E-state index contributed by atoms with van der Waals surface area (Å²) in [4.78, 5) is 25.4. The highest BCUT2D eigenvalue weighted by atomic mass is 16.5. The van der Waals surface area contributed by atoms with E-state index in [1.807, 2.05) is 32.0 Å². The molecule has 6 heteroatoms. The normalized spacial score (nSPS) is 14.1. The minimum Gasteiger partial charge on any atom is -0.490 e. The third-order valence-corrected chi connectivity index (χ3v) is 4.27. The number of hydrogen-bond donors (Lipinski definition) is 1. The summed E-state index contributed by atoms with van der Waals surface area (Å²) in [6.07, 6.45) is 0.909. The number of ether oxygens (including phenoxy) is 3. The van der Waals surface area contributed by atoms with Crippen molar-refractivity contribution < 1.29 is 23.8 Å². The first-order valence-electron chi connectivity index (χ1n) is 9.58. The second-order valence-electron chi connectivity index (χ2n) is 6.51. The van der Waals surface area contributed by atoms with Gasteiger partial charge in [0.2, 0.25) is 6.10 Å². The van der Waals surface area contributed by atoms with E-state index in [0.29, 0.717) is 35.8 Å². The van der Waals surface area contributed by atoms with Gasteiger partial charge in [-0.15, -0.1) is 0 Å². The zero-order valence-corrected chi connectivity index (χ0v) is 16.1. The van der Waals surface area contributed by atoms with Crippen molar-refractivity contribution in [2.45, 2.75) is 38.8 Å². The molecule has 1 fully saturated rings. The fourth-order valence-electron chi connectivity index (χ4n) is 2.76. The summed E-state index contributed by atoms with van der Waals surface area (Å²) in [6.45, 7) is 4.66. The van der Waals surface area contributed by atoms with Gasteiger partial charge in [0, 0.05) is 11.6 Å². The Bertz CT molecular complexity index is 817. The highest BCUT2D eigenvalue weighted by Crippen LogP contribution is 2.30. The Labute approximate surface area is 164 Å². The summed E-state index contributed by atoms with van der Waals surface area (Å²) in [6, 6.07) is 14.0. The number of amides is 1. The van der Waals surface area contributed by atoms with Gasteiger partial charge < -0.3 is 19.5 Å². The average molecular weight is 383 g/mol. The quantitative estimate of drug-likeness (QED) is 0.669. The lowest BCUT2D eigenvalue weighted by atomic mass is 10.1. The fourth-order valence-corrected chi connectivity index (χ4v) is 2.76. The highest BCUT2D eigenvalue weighted by molar-refractivity contribution is 5.93. The van der Waals surface area contributed by atoms with Crippen molar-refractivity contribution in [2.75, 3.05) is 13.2 Å². The molecule has 6 nitrogen and oxygen atoms in total. The molecule has 0 aromatic heterocycles. The second-order valence-corrected chi connectivity index (χ2v) is 6.51. The molecule has 2 aromatic rings. The molecule has 2 aromatic carbocycles. The smallest absolute Gasteiger partial charge is 0.339 e. The molecule has 1 N–H and O–H groups in total. The lowest BCUT2D eigenvalue weighted by Crippen LogP contribution is -2.33. The van der Waals surface area contributed by atoms with E-state index in [2.05, 4.69) is 5.32 Å². The van der Waals surface area contributed by atoms with Crippen LogP contribution in [0.25, 0.3) is 0 Å². The summed E-state index contributed by atoms with van der Waals surface area (Å²) in [5, 5.41) is 2.91. The number of rotatable bonds is 9. The van der Waals surface area contributed by atoms with E-state index < -0.39 is 12.1 Å². The van der Waals surface area contributed by atoms with Crippen LogP contribution in [0.1, 0.15) is 48.7 Å². The molecule has 1 saturated carbocycles. The van der Waals surface area contributed by atoms with Crippen LogP contribution in [0.2, 0.25) is 0 Å². The number of hydrogen-bond acceptors (Lipinski definition) is 5. The van der Waals surface area contributed by atoms with Crippen LogP contribution in [0.15, 0.2) is 48.5 Å². The van der Waals surface area contributed by atoms with Crippen molar-refractivity contribution in [1.82, 2.24) is 5.32 Å². The summed E-state index contributed by atoms with van der Waals surface area (Å²) in [7, 11) is 0. The Balaban J connectivity index is 1.80. The topological polar surface area (TPSA) is 73.9 Å². The predicted octanol–water partition coefficient (Wildman–Crippen LogP) is 3.66. The molecular weight excluding hydrogens is 358 g/mol. The van der Waals surface area contributed by atoms with Crippen LogP contribution in [0.5, 0.6) is 11.5 Å². The molecular formula is C22H25NO5. The maximum absolute atomic E-state index is 12.8. The van der Waals surface area contributed by atoms with E-state index in [0.717, 1.165) is 12.8 Å². The standard InChI is InChI=1S/C22H25NO5/c1-3-26-18-13-10-16(14-19(18)27-4-2)22(25)28-20(15-8-6-5-7-9-15)21(24)23-17-11-12-17/h5-10,13-14,17,20H,3-4,11-12H2,1-2H3,(H,23,24)/t20-/m1/s1. The summed E-state index contributed by atoms with van der Waals surface area (Å²) < 4.78 is 16.7. The molecule has 0 spiro atoms. The molecule has 1 amide bonds. The van der Waals surface area contributed by atoms with Gasteiger partial charge in [0.05, 0.1) is 18.8 Å². The van der Waals surface area contributed by atoms with Gasteiger partial charge in [-0.25, -0.2) is 4.79 Å². The molecule has 1 aliphatic rings. The van der Waals surface area contributed by atoms with Crippen molar-refractivity contribution in [2.24, 2.45) is 0 Å². The third kappa shape index (κ3) is 5.03. The molecule has 3 rings (SSSR count). The van der Waals surface area contributed by atoms with E-state index in [1.165, 1.54) is 0 Å². The number of benzene rings is 2. The van der Waals surface area contributed by atoms with Gasteiger partial charge in [-0.1, -0.05) is 30.3 Å². The average Bonchev–Trinajstić information content (AvgIpc) is 3.52. The Morgan fingerprint density at radius 2 is 1.68 bits per heavy atom. The number of carbonyl (C=O) groups is 2. The fraction of sp³-hybridized carbons (Fsp3) is 0.364. The minimum atomic E-state index is -1.00. The van der Waals surface area contributed by atoms with Gasteiger partial charge in [-0.3, -0.25) is 4.79 Å². The van der Waals surface area contributed by atoms with Crippen LogP contribution >= 0.6 is 0 Å². The Kier molecular flexibility index (Phi) is 6.53. The van der Waals surface area contributed by atoms with Gasteiger partial charge >= 0.3 is 5.97 Å². The third-order valence-electron chi connectivity index (χ3n) is 4.27. The largest absolute Gasteiger partial charge is 0.490 e. The first-order chi connectivity index (χ1) is 13.6. The zero-order valence-electron chi connectivity index (χ0n) is 16.1. The molecule has 148 valence electrons. The summed E-state index contributed by atoms with van der Waals surface area (Å²) in [5.74, 6) is 0.131. The van der Waals surface area contributed by atoms with Crippen molar-refractivity contribution in [3.63, 3.8) is 0 Å². The van der Waals surface area contributed by atoms with Crippen LogP contribution in [0.4, 0.5) is 0 Å². The molecule has 0 bridgehead atoms. The molecule has 0 aliphatic heterocycles. The lowest BCUT2D eigenvalue weighted by molar-refractivity contribution is -0.130. The maximum atomic E-state index is 12.8. The van der Waals surface area contributed by atoms with E-state index in [1.54, 1.807) is 30.3 Å². The van der Waals surface area contributed by atoms with Gasteiger partial charge in [-0.05, 0) is 44.9 Å². The summed E-state index contributed by atoms with van der Waals surface area (Å²) >= 11 is 0. The number of esters is 1. The monoisotopic (exact) mass is 383 g/mol.